The third-order valence-corrected chi connectivity index (χ3v) is 5.12. The molecule has 0 fully saturated rings. The fourth-order valence-corrected chi connectivity index (χ4v) is 3.47. The molecule has 6 nitrogen and oxygen atoms in total. The van der Waals surface area contributed by atoms with Crippen molar-refractivity contribution in [2.75, 3.05) is 10.8 Å². The summed E-state index contributed by atoms with van der Waals surface area (Å²) in [5, 5.41) is 10.7. The van der Waals surface area contributed by atoms with E-state index in [-0.39, 0.29) is 11.7 Å². The van der Waals surface area contributed by atoms with E-state index in [2.05, 4.69) is 15.6 Å². The van der Waals surface area contributed by atoms with Gasteiger partial charge in [-0.05, 0) is 42.5 Å². The molecule has 150 valence electrons. The molecule has 0 spiro atoms. The Hall–Kier alpha value is -3.29. The first-order valence-electron chi connectivity index (χ1n) is 9.11. The first-order valence-corrected chi connectivity index (χ1v) is 10.5. The summed E-state index contributed by atoms with van der Waals surface area (Å²) < 4.78 is 5.64. The molecule has 8 heteroatoms. The molecule has 1 N–H and O–H groups in total. The number of carbonyl (C=O) groups excluding carboxylic acids is 1. The standard InChI is InChI=1S/C22H17ClN4O2S/c23-17-9-7-8-16(14-17)21-24-25-22(29-21)30-15-20(28)26-27(18-10-3-1-4-11-18)19-12-5-2-6-13-19/h1-14H,15H2,(H,26,28). The van der Waals surface area contributed by atoms with Gasteiger partial charge in [0.25, 0.3) is 5.22 Å². The molecule has 0 saturated heterocycles. The summed E-state index contributed by atoms with van der Waals surface area (Å²) in [7, 11) is 0. The van der Waals surface area contributed by atoms with Crippen molar-refractivity contribution < 1.29 is 9.21 Å². The van der Waals surface area contributed by atoms with E-state index in [1.54, 1.807) is 17.1 Å². The Labute approximate surface area is 182 Å². The second kappa shape index (κ2) is 9.47. The molecule has 1 amide bonds. The van der Waals surface area contributed by atoms with Gasteiger partial charge in [-0.2, -0.15) is 0 Å². The SMILES string of the molecule is O=C(CSc1nnc(-c2cccc(Cl)c2)o1)NN(c1ccccc1)c1ccccc1. The van der Waals surface area contributed by atoms with E-state index in [1.165, 1.54) is 11.8 Å². The van der Waals surface area contributed by atoms with E-state index in [1.807, 2.05) is 72.8 Å². The number of anilines is 2. The van der Waals surface area contributed by atoms with Gasteiger partial charge >= 0.3 is 0 Å². The molecule has 3 aromatic carbocycles. The summed E-state index contributed by atoms with van der Waals surface area (Å²) in [6.45, 7) is 0. The van der Waals surface area contributed by atoms with E-state index in [4.69, 9.17) is 16.0 Å². The van der Waals surface area contributed by atoms with Crippen LogP contribution in [0.25, 0.3) is 11.5 Å². The summed E-state index contributed by atoms with van der Waals surface area (Å²) in [4.78, 5) is 12.6. The number of thioether (sulfide) groups is 1. The third kappa shape index (κ3) is 5.00. The number of hydrogen-bond donors (Lipinski definition) is 1. The van der Waals surface area contributed by atoms with E-state index < -0.39 is 0 Å². The van der Waals surface area contributed by atoms with Crippen molar-refractivity contribution in [1.29, 1.82) is 0 Å². The molecule has 0 radical (unpaired) electrons. The first-order chi connectivity index (χ1) is 14.7. The Balaban J connectivity index is 1.42. The van der Waals surface area contributed by atoms with Crippen LogP contribution in [-0.4, -0.2) is 21.9 Å². The lowest BCUT2D eigenvalue weighted by Gasteiger charge is -2.25. The predicted molar refractivity (Wildman–Crippen MR) is 119 cm³/mol. The molecule has 30 heavy (non-hydrogen) atoms. The molecule has 1 heterocycles. The Morgan fingerprint density at radius 1 is 0.933 bits per heavy atom. The van der Waals surface area contributed by atoms with Crippen LogP contribution < -0.4 is 10.4 Å². The highest BCUT2D eigenvalue weighted by Crippen LogP contribution is 2.26. The zero-order valence-corrected chi connectivity index (χ0v) is 17.3. The molecule has 4 aromatic rings. The molecule has 0 aliphatic heterocycles. The maximum atomic E-state index is 12.6. The fraction of sp³-hybridized carbons (Fsp3) is 0.0455. The van der Waals surface area contributed by atoms with Crippen LogP contribution >= 0.6 is 23.4 Å². The molecule has 0 aliphatic rings. The van der Waals surface area contributed by atoms with Crippen molar-refractivity contribution in [3.63, 3.8) is 0 Å². The van der Waals surface area contributed by atoms with Crippen molar-refractivity contribution in [2.24, 2.45) is 0 Å². The molecule has 0 saturated carbocycles. The number of rotatable bonds is 7. The van der Waals surface area contributed by atoms with Gasteiger partial charge in [0, 0.05) is 10.6 Å². The quantitative estimate of drug-likeness (QED) is 0.311. The lowest BCUT2D eigenvalue weighted by Crippen LogP contribution is -2.39. The minimum atomic E-state index is -0.199. The highest BCUT2D eigenvalue weighted by atomic mass is 35.5. The maximum absolute atomic E-state index is 12.6. The highest BCUT2D eigenvalue weighted by Gasteiger charge is 2.15. The maximum Gasteiger partial charge on any atom is 0.277 e. The number of nitrogens with zero attached hydrogens (tertiary/aromatic N) is 3. The molecule has 0 unspecified atom stereocenters. The van der Waals surface area contributed by atoms with Gasteiger partial charge in [0.05, 0.1) is 17.1 Å². The molecule has 0 aliphatic carbocycles. The van der Waals surface area contributed by atoms with Crippen LogP contribution in [0.2, 0.25) is 5.02 Å². The van der Waals surface area contributed by atoms with Crippen LogP contribution in [0.1, 0.15) is 0 Å². The summed E-state index contributed by atoms with van der Waals surface area (Å²) >= 11 is 7.17. The molecular formula is C22H17ClN4O2S. The van der Waals surface area contributed by atoms with Crippen molar-refractivity contribution in [3.05, 3.63) is 90.0 Å². The third-order valence-electron chi connectivity index (χ3n) is 4.07. The van der Waals surface area contributed by atoms with Gasteiger partial charge in [-0.1, -0.05) is 65.8 Å². The number of hydrazine groups is 1. The average Bonchev–Trinajstić information content (AvgIpc) is 3.26. The summed E-state index contributed by atoms with van der Waals surface area (Å²) in [6, 6.07) is 26.4. The topological polar surface area (TPSA) is 71.3 Å². The Morgan fingerprint density at radius 3 is 2.23 bits per heavy atom. The zero-order chi connectivity index (χ0) is 20.8. The molecular weight excluding hydrogens is 420 g/mol. The smallest absolute Gasteiger partial charge is 0.277 e. The monoisotopic (exact) mass is 436 g/mol. The van der Waals surface area contributed by atoms with Crippen LogP contribution in [0.15, 0.2) is 94.6 Å². The van der Waals surface area contributed by atoms with Crippen LogP contribution in [0.3, 0.4) is 0 Å². The minimum absolute atomic E-state index is 0.118. The van der Waals surface area contributed by atoms with Crippen molar-refractivity contribution in [1.82, 2.24) is 15.6 Å². The van der Waals surface area contributed by atoms with Gasteiger partial charge in [0.1, 0.15) is 0 Å². The summed E-state index contributed by atoms with van der Waals surface area (Å²) in [5.41, 5.74) is 5.36. The van der Waals surface area contributed by atoms with Gasteiger partial charge in [0.2, 0.25) is 11.8 Å². The summed E-state index contributed by atoms with van der Waals surface area (Å²) in [5.74, 6) is 0.277. The van der Waals surface area contributed by atoms with Gasteiger partial charge in [-0.15, -0.1) is 10.2 Å². The second-order valence-electron chi connectivity index (χ2n) is 6.21. The van der Waals surface area contributed by atoms with Crippen LogP contribution in [0.5, 0.6) is 0 Å². The van der Waals surface area contributed by atoms with E-state index in [9.17, 15) is 4.79 Å². The lowest BCUT2D eigenvalue weighted by atomic mass is 10.2. The molecule has 0 atom stereocenters. The van der Waals surface area contributed by atoms with Gasteiger partial charge < -0.3 is 4.42 Å². The van der Waals surface area contributed by atoms with E-state index >= 15 is 0 Å². The number of hydrogen-bond acceptors (Lipinski definition) is 6. The van der Waals surface area contributed by atoms with Gasteiger partial charge in [-0.3, -0.25) is 15.2 Å². The molecule has 0 bridgehead atoms. The largest absolute Gasteiger partial charge is 0.411 e. The predicted octanol–water partition coefficient (Wildman–Crippen LogP) is 5.35. The van der Waals surface area contributed by atoms with Crippen LogP contribution in [0.4, 0.5) is 11.4 Å². The Bertz CT molecular complexity index is 1080. The summed E-state index contributed by atoms with van der Waals surface area (Å²) in [6.07, 6.45) is 0. The number of benzene rings is 3. The normalized spacial score (nSPS) is 10.6. The first kappa shape index (κ1) is 20.0. The van der Waals surface area contributed by atoms with Crippen LogP contribution in [-0.2, 0) is 4.79 Å². The number of nitrogens with one attached hydrogen (secondary N) is 1. The van der Waals surface area contributed by atoms with Crippen molar-refractivity contribution in [2.45, 2.75) is 5.22 Å². The zero-order valence-electron chi connectivity index (χ0n) is 15.7. The second-order valence-corrected chi connectivity index (χ2v) is 7.58. The number of carbonyl (C=O) groups is 1. The van der Waals surface area contributed by atoms with Crippen LogP contribution in [0, 0.1) is 0 Å². The van der Waals surface area contributed by atoms with E-state index in [0.29, 0.717) is 16.1 Å². The van der Waals surface area contributed by atoms with Gasteiger partial charge in [0.15, 0.2) is 0 Å². The molecule has 4 rings (SSSR count). The number of aromatic nitrogens is 2. The van der Waals surface area contributed by atoms with Crippen molar-refractivity contribution in [3.8, 4) is 11.5 Å². The average molecular weight is 437 g/mol. The van der Waals surface area contributed by atoms with Crippen molar-refractivity contribution >= 4 is 40.6 Å². The number of amides is 1. The lowest BCUT2D eigenvalue weighted by molar-refractivity contribution is -0.118. The highest BCUT2D eigenvalue weighted by molar-refractivity contribution is 7.99. The fourth-order valence-electron chi connectivity index (χ4n) is 2.72. The Kier molecular flexibility index (Phi) is 6.32. The Morgan fingerprint density at radius 2 is 1.60 bits per heavy atom. The number of para-hydroxylation sites is 2. The molecule has 1 aromatic heterocycles. The minimum Gasteiger partial charge on any atom is -0.411 e. The van der Waals surface area contributed by atoms with E-state index in [0.717, 1.165) is 16.9 Å². The van der Waals surface area contributed by atoms with Gasteiger partial charge in [-0.25, -0.2) is 0 Å². The number of halogens is 1.